The molecule has 1 amide bonds. The van der Waals surface area contributed by atoms with Crippen molar-refractivity contribution in [3.8, 4) is 0 Å². The molecule has 0 aromatic heterocycles. The van der Waals surface area contributed by atoms with Crippen LogP contribution in [-0.4, -0.2) is 37.6 Å². The highest BCUT2D eigenvalue weighted by Crippen LogP contribution is 2.21. The van der Waals surface area contributed by atoms with Gasteiger partial charge in [-0.05, 0) is 32.9 Å². The van der Waals surface area contributed by atoms with Crippen LogP contribution in [0.3, 0.4) is 0 Å². The molecule has 0 atom stereocenters. The molecule has 4 heteroatoms. The molecule has 1 aromatic rings. The number of nitrogens with one attached hydrogen (secondary N) is 2. The zero-order chi connectivity index (χ0) is 13.9. The van der Waals surface area contributed by atoms with Gasteiger partial charge < -0.3 is 15.5 Å². The predicted octanol–water partition coefficient (Wildman–Crippen LogP) is 1.62. The number of rotatable bonds is 2. The molecule has 4 nitrogen and oxygen atoms in total. The number of hydrogen-bond acceptors (Lipinski definition) is 3. The summed E-state index contributed by atoms with van der Waals surface area (Å²) in [6, 6.07) is 7.84. The van der Waals surface area contributed by atoms with E-state index in [1.807, 2.05) is 45.0 Å². The number of benzene rings is 1. The second-order valence-electron chi connectivity index (χ2n) is 5.96. The highest BCUT2D eigenvalue weighted by Gasteiger charge is 2.20. The standard InChI is InChI=1S/C15H23N3O/c1-15(2,3)17-14(19)12-6-4-5-7-13(12)18-10-8-16-9-11-18/h4-7,16H,8-11H2,1-3H3,(H,17,19). The van der Waals surface area contributed by atoms with Crippen LogP contribution in [0.1, 0.15) is 31.1 Å². The minimum Gasteiger partial charge on any atom is -0.368 e. The van der Waals surface area contributed by atoms with E-state index in [-0.39, 0.29) is 11.4 Å². The van der Waals surface area contributed by atoms with Crippen LogP contribution in [0.4, 0.5) is 5.69 Å². The molecule has 2 rings (SSSR count). The Bertz CT molecular complexity index is 445. The van der Waals surface area contributed by atoms with Crippen LogP contribution >= 0.6 is 0 Å². The number of hydrogen-bond donors (Lipinski definition) is 2. The van der Waals surface area contributed by atoms with Gasteiger partial charge in [0.15, 0.2) is 0 Å². The molecule has 1 heterocycles. The lowest BCUT2D eigenvalue weighted by molar-refractivity contribution is 0.0920. The number of carbonyl (C=O) groups excluding carboxylic acids is 1. The molecule has 1 saturated heterocycles. The summed E-state index contributed by atoms with van der Waals surface area (Å²) in [6.07, 6.45) is 0. The SMILES string of the molecule is CC(C)(C)NC(=O)c1ccccc1N1CCNCC1. The number of anilines is 1. The smallest absolute Gasteiger partial charge is 0.253 e. The summed E-state index contributed by atoms with van der Waals surface area (Å²) in [4.78, 5) is 14.6. The monoisotopic (exact) mass is 261 g/mol. The Morgan fingerprint density at radius 3 is 2.47 bits per heavy atom. The lowest BCUT2D eigenvalue weighted by Crippen LogP contribution is -2.45. The van der Waals surface area contributed by atoms with E-state index in [0.29, 0.717) is 0 Å². The van der Waals surface area contributed by atoms with Crippen molar-refractivity contribution in [3.05, 3.63) is 29.8 Å². The third-order valence-corrected chi connectivity index (χ3v) is 3.09. The second-order valence-corrected chi connectivity index (χ2v) is 5.96. The van der Waals surface area contributed by atoms with Crippen LogP contribution < -0.4 is 15.5 Å². The molecular formula is C15H23N3O. The lowest BCUT2D eigenvalue weighted by Gasteiger charge is -2.31. The first kappa shape index (κ1) is 13.9. The summed E-state index contributed by atoms with van der Waals surface area (Å²) >= 11 is 0. The fourth-order valence-corrected chi connectivity index (χ4v) is 2.26. The van der Waals surface area contributed by atoms with Gasteiger partial charge in [-0.2, -0.15) is 0 Å². The van der Waals surface area contributed by atoms with E-state index < -0.39 is 0 Å². The highest BCUT2D eigenvalue weighted by atomic mass is 16.1. The van der Waals surface area contributed by atoms with Crippen molar-refractivity contribution in [2.45, 2.75) is 26.3 Å². The van der Waals surface area contributed by atoms with Gasteiger partial charge in [0.25, 0.3) is 5.91 Å². The maximum atomic E-state index is 12.4. The van der Waals surface area contributed by atoms with Crippen LogP contribution in [0.25, 0.3) is 0 Å². The number of piperazine rings is 1. The first-order valence-electron chi connectivity index (χ1n) is 6.84. The van der Waals surface area contributed by atoms with Crippen molar-refractivity contribution in [1.82, 2.24) is 10.6 Å². The lowest BCUT2D eigenvalue weighted by atomic mass is 10.1. The summed E-state index contributed by atoms with van der Waals surface area (Å²) in [5, 5.41) is 6.36. The van der Waals surface area contributed by atoms with Gasteiger partial charge in [0, 0.05) is 37.4 Å². The van der Waals surface area contributed by atoms with E-state index >= 15 is 0 Å². The molecule has 0 unspecified atom stereocenters. The van der Waals surface area contributed by atoms with Gasteiger partial charge in [0.1, 0.15) is 0 Å². The van der Waals surface area contributed by atoms with Crippen molar-refractivity contribution >= 4 is 11.6 Å². The van der Waals surface area contributed by atoms with E-state index in [4.69, 9.17) is 0 Å². The average molecular weight is 261 g/mol. The number of amides is 1. The molecule has 1 aromatic carbocycles. The van der Waals surface area contributed by atoms with Gasteiger partial charge >= 0.3 is 0 Å². The van der Waals surface area contributed by atoms with Gasteiger partial charge in [-0.15, -0.1) is 0 Å². The highest BCUT2D eigenvalue weighted by molar-refractivity contribution is 6.00. The van der Waals surface area contributed by atoms with E-state index in [1.54, 1.807) is 0 Å². The summed E-state index contributed by atoms with van der Waals surface area (Å²) in [5.74, 6) is 0.00151. The molecule has 0 spiro atoms. The Labute approximate surface area is 115 Å². The zero-order valence-corrected chi connectivity index (χ0v) is 12.0. The van der Waals surface area contributed by atoms with Crippen molar-refractivity contribution < 1.29 is 4.79 Å². The first-order chi connectivity index (χ1) is 8.97. The fraction of sp³-hybridized carbons (Fsp3) is 0.533. The third-order valence-electron chi connectivity index (χ3n) is 3.09. The Morgan fingerprint density at radius 1 is 1.21 bits per heavy atom. The molecule has 1 aliphatic rings. The molecule has 0 saturated carbocycles. The largest absolute Gasteiger partial charge is 0.368 e. The molecule has 19 heavy (non-hydrogen) atoms. The maximum Gasteiger partial charge on any atom is 0.253 e. The quantitative estimate of drug-likeness (QED) is 0.850. The van der Waals surface area contributed by atoms with Gasteiger partial charge in [0.05, 0.1) is 5.56 Å². The van der Waals surface area contributed by atoms with Gasteiger partial charge in [-0.25, -0.2) is 0 Å². The van der Waals surface area contributed by atoms with Crippen molar-refractivity contribution in [2.24, 2.45) is 0 Å². The predicted molar refractivity (Wildman–Crippen MR) is 78.7 cm³/mol. The Balaban J connectivity index is 2.22. The number of carbonyl (C=O) groups is 1. The van der Waals surface area contributed by atoms with E-state index in [9.17, 15) is 4.79 Å². The van der Waals surface area contributed by atoms with Gasteiger partial charge in [-0.1, -0.05) is 12.1 Å². The van der Waals surface area contributed by atoms with E-state index in [1.165, 1.54) is 0 Å². The number of para-hydroxylation sites is 1. The molecule has 1 aliphatic heterocycles. The number of nitrogens with zero attached hydrogens (tertiary/aromatic N) is 1. The summed E-state index contributed by atoms with van der Waals surface area (Å²) in [6.45, 7) is 9.82. The molecule has 2 N–H and O–H groups in total. The zero-order valence-electron chi connectivity index (χ0n) is 12.0. The third kappa shape index (κ3) is 3.70. The average Bonchev–Trinajstić information content (AvgIpc) is 2.38. The maximum absolute atomic E-state index is 12.4. The summed E-state index contributed by atoms with van der Waals surface area (Å²) in [5.41, 5.74) is 1.58. The fourth-order valence-electron chi connectivity index (χ4n) is 2.26. The van der Waals surface area contributed by atoms with Crippen molar-refractivity contribution in [3.63, 3.8) is 0 Å². The minimum absolute atomic E-state index is 0.00151. The summed E-state index contributed by atoms with van der Waals surface area (Å²) in [7, 11) is 0. The molecule has 104 valence electrons. The van der Waals surface area contributed by atoms with Crippen molar-refractivity contribution in [2.75, 3.05) is 31.1 Å². The van der Waals surface area contributed by atoms with Crippen LogP contribution in [0.2, 0.25) is 0 Å². The molecule has 0 aliphatic carbocycles. The first-order valence-corrected chi connectivity index (χ1v) is 6.84. The Morgan fingerprint density at radius 2 is 1.84 bits per heavy atom. The van der Waals surface area contributed by atoms with Gasteiger partial charge in [-0.3, -0.25) is 4.79 Å². The van der Waals surface area contributed by atoms with E-state index in [0.717, 1.165) is 37.4 Å². The van der Waals surface area contributed by atoms with Crippen LogP contribution in [-0.2, 0) is 0 Å². The van der Waals surface area contributed by atoms with Crippen molar-refractivity contribution in [1.29, 1.82) is 0 Å². The molecule has 1 fully saturated rings. The topological polar surface area (TPSA) is 44.4 Å². The molecular weight excluding hydrogens is 238 g/mol. The Hall–Kier alpha value is -1.55. The summed E-state index contributed by atoms with van der Waals surface area (Å²) < 4.78 is 0. The van der Waals surface area contributed by atoms with Crippen LogP contribution in [0.5, 0.6) is 0 Å². The van der Waals surface area contributed by atoms with E-state index in [2.05, 4.69) is 15.5 Å². The van der Waals surface area contributed by atoms with Crippen LogP contribution in [0.15, 0.2) is 24.3 Å². The Kier molecular flexibility index (Phi) is 4.10. The second kappa shape index (κ2) is 5.61. The van der Waals surface area contributed by atoms with Crippen LogP contribution in [0, 0.1) is 0 Å². The molecule has 0 radical (unpaired) electrons. The normalized spacial score (nSPS) is 16.3. The molecule has 0 bridgehead atoms. The van der Waals surface area contributed by atoms with Gasteiger partial charge in [0.2, 0.25) is 0 Å². The minimum atomic E-state index is -0.215.